The first-order valence-corrected chi connectivity index (χ1v) is 12.5. The molecule has 194 valence electrons. The molecule has 2 aromatic rings. The second-order valence-electron chi connectivity index (χ2n) is 9.39. The van der Waals surface area contributed by atoms with Crippen molar-refractivity contribution < 1.29 is 19.1 Å². The van der Waals surface area contributed by atoms with Gasteiger partial charge in [-0.05, 0) is 51.8 Å². The van der Waals surface area contributed by atoms with Crippen molar-refractivity contribution in [3.05, 3.63) is 76.8 Å². The van der Waals surface area contributed by atoms with Crippen LogP contribution in [0.1, 0.15) is 43.5 Å². The molecule has 0 aromatic heterocycles. The van der Waals surface area contributed by atoms with Crippen LogP contribution in [0.25, 0.3) is 0 Å². The first-order chi connectivity index (χ1) is 16.9. The average Bonchev–Trinajstić information content (AvgIpc) is 2.79. The number of nitrogens with zero attached hydrogens (tertiary/aromatic N) is 1. The number of alkyl carbamates (subject to hydrolysis) is 1. The monoisotopic (exact) mass is 531 g/mol. The Morgan fingerprint density at radius 1 is 1.14 bits per heavy atom. The number of halogens is 1. The van der Waals surface area contributed by atoms with Gasteiger partial charge in [-0.1, -0.05) is 59.6 Å². The minimum Gasteiger partial charge on any atom is -0.444 e. The summed E-state index contributed by atoms with van der Waals surface area (Å²) < 4.78 is 5.30. The third kappa shape index (κ3) is 8.03. The molecule has 0 radical (unpaired) electrons. The zero-order chi connectivity index (χ0) is 27.0. The van der Waals surface area contributed by atoms with Gasteiger partial charge in [-0.15, -0.1) is 6.58 Å². The molecule has 0 aliphatic carbocycles. The molecule has 0 aliphatic rings. The highest BCUT2D eigenvalue weighted by molar-refractivity contribution is 7.80. The van der Waals surface area contributed by atoms with E-state index in [1.807, 2.05) is 32.0 Å². The van der Waals surface area contributed by atoms with Crippen LogP contribution in [0.15, 0.2) is 55.1 Å². The molecule has 2 unspecified atom stereocenters. The first kappa shape index (κ1) is 29.3. The Morgan fingerprint density at radius 2 is 1.78 bits per heavy atom. The van der Waals surface area contributed by atoms with E-state index in [2.05, 4.69) is 29.8 Å². The highest BCUT2D eigenvalue weighted by atomic mass is 35.5. The Bertz CT molecular complexity index is 1080. The zero-order valence-electron chi connectivity index (χ0n) is 21.3. The van der Waals surface area contributed by atoms with E-state index in [4.69, 9.17) is 16.3 Å². The Hall–Kier alpha value is -2.97. The van der Waals surface area contributed by atoms with E-state index in [1.165, 1.54) is 11.0 Å². The number of rotatable bonds is 9. The lowest BCUT2D eigenvalue weighted by molar-refractivity contribution is -0.139. The molecule has 3 amide bonds. The molecule has 0 spiro atoms. The van der Waals surface area contributed by atoms with Crippen LogP contribution in [0.3, 0.4) is 0 Å². The van der Waals surface area contributed by atoms with Crippen LogP contribution in [0.4, 0.5) is 10.5 Å². The summed E-state index contributed by atoms with van der Waals surface area (Å²) in [7, 11) is 0. The third-order valence-corrected chi connectivity index (χ3v) is 5.88. The van der Waals surface area contributed by atoms with Crippen molar-refractivity contribution in [3.8, 4) is 0 Å². The summed E-state index contributed by atoms with van der Waals surface area (Å²) in [6.07, 6.45) is 0.771. The lowest BCUT2D eigenvalue weighted by Crippen LogP contribution is -2.53. The quantitative estimate of drug-likeness (QED) is 0.295. The lowest BCUT2D eigenvalue weighted by atomic mass is 10.0. The molecule has 0 fully saturated rings. The highest BCUT2D eigenvalue weighted by Gasteiger charge is 2.35. The van der Waals surface area contributed by atoms with Gasteiger partial charge in [0.2, 0.25) is 5.91 Å². The number of hydrogen-bond acceptors (Lipinski definition) is 5. The van der Waals surface area contributed by atoms with Crippen LogP contribution >= 0.6 is 24.2 Å². The summed E-state index contributed by atoms with van der Waals surface area (Å²) in [6, 6.07) is 10.5. The number of amides is 3. The van der Waals surface area contributed by atoms with Crippen LogP contribution in [-0.2, 0) is 14.3 Å². The normalized spacial score (nSPS) is 12.8. The largest absolute Gasteiger partial charge is 0.444 e. The van der Waals surface area contributed by atoms with Gasteiger partial charge in [0, 0.05) is 12.3 Å². The van der Waals surface area contributed by atoms with Gasteiger partial charge in [0.25, 0.3) is 5.91 Å². The second-order valence-corrected chi connectivity index (χ2v) is 10.2. The van der Waals surface area contributed by atoms with Crippen molar-refractivity contribution in [2.45, 2.75) is 52.3 Å². The Morgan fingerprint density at radius 3 is 2.31 bits per heavy atom. The summed E-state index contributed by atoms with van der Waals surface area (Å²) in [5, 5.41) is 5.83. The molecule has 0 heterocycles. The lowest BCUT2D eigenvalue weighted by Gasteiger charge is -2.33. The maximum absolute atomic E-state index is 13.7. The second kappa shape index (κ2) is 12.8. The number of ether oxygens (including phenoxy) is 1. The van der Waals surface area contributed by atoms with Crippen molar-refractivity contribution in [3.63, 3.8) is 0 Å². The van der Waals surface area contributed by atoms with Gasteiger partial charge in [0.05, 0.1) is 10.7 Å². The van der Waals surface area contributed by atoms with Crippen LogP contribution in [0.2, 0.25) is 5.02 Å². The predicted molar refractivity (Wildman–Crippen MR) is 148 cm³/mol. The fraction of sp³-hybridized carbons (Fsp3) is 0.370. The number of aryl methyl sites for hydroxylation is 2. The summed E-state index contributed by atoms with van der Waals surface area (Å²) in [6.45, 7) is 12.7. The number of hydrogen-bond donors (Lipinski definition) is 3. The minimum absolute atomic E-state index is 0.00240. The Labute approximate surface area is 223 Å². The number of carbonyl (C=O) groups is 3. The molecule has 2 rings (SSSR count). The van der Waals surface area contributed by atoms with Gasteiger partial charge in [0.15, 0.2) is 0 Å². The number of anilines is 1. The van der Waals surface area contributed by atoms with Crippen LogP contribution in [0.5, 0.6) is 0 Å². The smallest absolute Gasteiger partial charge is 0.408 e. The molecule has 0 bridgehead atoms. The molecule has 0 saturated carbocycles. The molecule has 2 N–H and O–H groups in total. The summed E-state index contributed by atoms with van der Waals surface area (Å²) in [5.41, 5.74) is 2.09. The van der Waals surface area contributed by atoms with Gasteiger partial charge in [-0.3, -0.25) is 9.59 Å². The SMILES string of the molecule is C=CCN(C(=O)C(CS)NC(=O)OC(C)(C)C)C(C(=O)Nc1c(C)cccc1Cl)c1ccc(C)cc1. The summed E-state index contributed by atoms with van der Waals surface area (Å²) >= 11 is 10.6. The van der Waals surface area contributed by atoms with E-state index < -0.39 is 35.6 Å². The average molecular weight is 532 g/mol. The van der Waals surface area contributed by atoms with Crippen molar-refractivity contribution >= 4 is 47.8 Å². The van der Waals surface area contributed by atoms with Crippen LogP contribution in [-0.4, -0.2) is 46.7 Å². The Balaban J connectivity index is 2.47. The Kier molecular flexibility index (Phi) is 10.4. The van der Waals surface area contributed by atoms with Crippen LogP contribution < -0.4 is 10.6 Å². The number of thiol groups is 1. The van der Waals surface area contributed by atoms with Gasteiger partial charge < -0.3 is 20.3 Å². The van der Waals surface area contributed by atoms with Crippen molar-refractivity contribution in [1.29, 1.82) is 0 Å². The predicted octanol–water partition coefficient (Wildman–Crippen LogP) is 5.47. The standard InChI is InChI=1S/C27H34ClN3O4S/c1-7-15-31(25(33)21(16-36)29-26(34)35-27(4,5)6)23(19-13-11-17(2)12-14-19)24(32)30-22-18(3)9-8-10-20(22)28/h7-14,21,23,36H,1,15-16H2,2-6H3,(H,29,34)(H,30,32). The first-order valence-electron chi connectivity index (χ1n) is 11.5. The minimum atomic E-state index is -1.04. The molecule has 9 heteroatoms. The number of para-hydroxylation sites is 1. The summed E-state index contributed by atoms with van der Waals surface area (Å²) in [5.74, 6) is -0.967. The van der Waals surface area contributed by atoms with E-state index in [0.717, 1.165) is 11.1 Å². The van der Waals surface area contributed by atoms with Gasteiger partial charge in [0.1, 0.15) is 17.7 Å². The number of nitrogens with one attached hydrogen (secondary N) is 2. The molecule has 36 heavy (non-hydrogen) atoms. The zero-order valence-corrected chi connectivity index (χ0v) is 23.0. The molecule has 0 aliphatic heterocycles. The molecular formula is C27H34ClN3O4S. The van der Waals surface area contributed by atoms with Gasteiger partial charge >= 0.3 is 6.09 Å². The van der Waals surface area contributed by atoms with Crippen molar-refractivity contribution in [2.75, 3.05) is 17.6 Å². The fourth-order valence-electron chi connectivity index (χ4n) is 3.50. The molecule has 2 atom stereocenters. The highest BCUT2D eigenvalue weighted by Crippen LogP contribution is 2.29. The van der Waals surface area contributed by atoms with E-state index in [9.17, 15) is 14.4 Å². The van der Waals surface area contributed by atoms with Gasteiger partial charge in [-0.25, -0.2) is 4.79 Å². The van der Waals surface area contributed by atoms with E-state index in [0.29, 0.717) is 16.3 Å². The third-order valence-electron chi connectivity index (χ3n) is 5.20. The van der Waals surface area contributed by atoms with E-state index in [-0.39, 0.29) is 12.3 Å². The molecule has 0 saturated heterocycles. The number of benzene rings is 2. The van der Waals surface area contributed by atoms with Crippen molar-refractivity contribution in [2.24, 2.45) is 0 Å². The molecular weight excluding hydrogens is 498 g/mol. The fourth-order valence-corrected chi connectivity index (χ4v) is 4.02. The van der Waals surface area contributed by atoms with Gasteiger partial charge in [-0.2, -0.15) is 12.6 Å². The van der Waals surface area contributed by atoms with Crippen molar-refractivity contribution in [1.82, 2.24) is 10.2 Å². The topological polar surface area (TPSA) is 87.7 Å². The molecule has 2 aromatic carbocycles. The number of carbonyl (C=O) groups excluding carboxylic acids is 3. The van der Waals surface area contributed by atoms with Crippen LogP contribution in [0, 0.1) is 13.8 Å². The molecule has 7 nitrogen and oxygen atoms in total. The maximum Gasteiger partial charge on any atom is 0.408 e. The summed E-state index contributed by atoms with van der Waals surface area (Å²) in [4.78, 5) is 41.2. The maximum atomic E-state index is 13.7. The van der Waals surface area contributed by atoms with E-state index in [1.54, 1.807) is 45.0 Å². The van der Waals surface area contributed by atoms with E-state index >= 15 is 0 Å².